The van der Waals surface area contributed by atoms with Crippen LogP contribution in [0.5, 0.6) is 0 Å². The standard InChI is InChI=1S/C11H7BrF2O3S/c12-9-6-7(18(15,16)11(13)14)3-4-8(9)10-2-1-5-17-10/h1-6,11H. The largest absolute Gasteiger partial charge is 0.464 e. The van der Waals surface area contributed by atoms with Crippen LogP contribution in [0.15, 0.2) is 50.4 Å². The van der Waals surface area contributed by atoms with E-state index in [4.69, 9.17) is 4.42 Å². The molecule has 0 aliphatic heterocycles. The van der Waals surface area contributed by atoms with E-state index in [1.54, 1.807) is 12.1 Å². The van der Waals surface area contributed by atoms with Gasteiger partial charge in [-0.1, -0.05) is 0 Å². The van der Waals surface area contributed by atoms with Crippen molar-refractivity contribution in [2.75, 3.05) is 0 Å². The van der Waals surface area contributed by atoms with E-state index >= 15 is 0 Å². The zero-order valence-electron chi connectivity index (χ0n) is 8.81. The summed E-state index contributed by atoms with van der Waals surface area (Å²) in [5, 5.41) is 0. The quantitative estimate of drug-likeness (QED) is 0.858. The molecular formula is C11H7BrF2O3S. The van der Waals surface area contributed by atoms with E-state index in [1.165, 1.54) is 12.3 Å². The lowest BCUT2D eigenvalue weighted by molar-refractivity contribution is 0.234. The van der Waals surface area contributed by atoms with Crippen LogP contribution in [-0.2, 0) is 9.84 Å². The molecule has 0 fully saturated rings. The second-order valence-electron chi connectivity index (χ2n) is 3.42. The second kappa shape index (κ2) is 4.81. The van der Waals surface area contributed by atoms with E-state index in [2.05, 4.69) is 15.9 Å². The Bertz CT molecular complexity index is 651. The number of benzene rings is 1. The summed E-state index contributed by atoms with van der Waals surface area (Å²) in [5.41, 5.74) is 0.591. The van der Waals surface area contributed by atoms with Crippen LogP contribution in [0.3, 0.4) is 0 Å². The number of rotatable bonds is 3. The number of hydrogen-bond donors (Lipinski definition) is 0. The molecule has 1 aromatic carbocycles. The van der Waals surface area contributed by atoms with Crippen LogP contribution < -0.4 is 0 Å². The molecule has 2 aromatic rings. The highest BCUT2D eigenvalue weighted by Crippen LogP contribution is 2.31. The molecule has 0 saturated heterocycles. The van der Waals surface area contributed by atoms with Crippen molar-refractivity contribution in [3.8, 4) is 11.3 Å². The van der Waals surface area contributed by atoms with Crippen LogP contribution in [0.4, 0.5) is 8.78 Å². The Kier molecular flexibility index (Phi) is 3.54. The van der Waals surface area contributed by atoms with Gasteiger partial charge in [0.2, 0.25) is 9.84 Å². The fraction of sp³-hybridized carbons (Fsp3) is 0.0909. The van der Waals surface area contributed by atoms with Crippen molar-refractivity contribution in [2.45, 2.75) is 10.7 Å². The van der Waals surface area contributed by atoms with Crippen molar-refractivity contribution in [1.82, 2.24) is 0 Å². The average molecular weight is 337 g/mol. The van der Waals surface area contributed by atoms with Gasteiger partial charge in [0.25, 0.3) is 0 Å². The maximum Gasteiger partial charge on any atom is 0.341 e. The number of hydrogen-bond acceptors (Lipinski definition) is 3. The van der Waals surface area contributed by atoms with Crippen molar-refractivity contribution in [3.63, 3.8) is 0 Å². The predicted molar refractivity (Wildman–Crippen MR) is 65.0 cm³/mol. The molecule has 1 heterocycles. The summed E-state index contributed by atoms with van der Waals surface area (Å²) in [6.07, 6.45) is 1.46. The van der Waals surface area contributed by atoms with E-state index in [-0.39, 0.29) is 0 Å². The Morgan fingerprint density at radius 2 is 1.94 bits per heavy atom. The Hall–Kier alpha value is -1.21. The Balaban J connectivity index is 2.50. The van der Waals surface area contributed by atoms with Crippen molar-refractivity contribution in [1.29, 1.82) is 0 Å². The highest BCUT2D eigenvalue weighted by atomic mass is 79.9. The summed E-state index contributed by atoms with van der Waals surface area (Å²) in [7, 11) is -4.58. The smallest absolute Gasteiger partial charge is 0.341 e. The lowest BCUT2D eigenvalue weighted by Crippen LogP contribution is -2.11. The first kappa shape index (κ1) is 13.2. The fourth-order valence-corrected chi connectivity index (χ4v) is 2.88. The maximum atomic E-state index is 12.4. The summed E-state index contributed by atoms with van der Waals surface area (Å²) < 4.78 is 52.9. The van der Waals surface area contributed by atoms with Crippen LogP contribution in [0.1, 0.15) is 0 Å². The molecule has 1 aromatic heterocycles. The summed E-state index contributed by atoms with van der Waals surface area (Å²) in [6, 6.07) is 7.04. The molecule has 0 aliphatic carbocycles. The summed E-state index contributed by atoms with van der Waals surface area (Å²) >= 11 is 3.14. The topological polar surface area (TPSA) is 47.3 Å². The number of alkyl halides is 2. The molecule has 0 aliphatic rings. The number of furan rings is 1. The van der Waals surface area contributed by atoms with E-state index in [0.29, 0.717) is 15.8 Å². The SMILES string of the molecule is O=S(=O)(c1ccc(-c2ccco2)c(Br)c1)C(F)F. The molecule has 18 heavy (non-hydrogen) atoms. The minimum absolute atomic E-state index is 0.374. The molecule has 0 bridgehead atoms. The minimum Gasteiger partial charge on any atom is -0.464 e. The fourth-order valence-electron chi connectivity index (χ4n) is 1.41. The highest BCUT2D eigenvalue weighted by Gasteiger charge is 2.27. The van der Waals surface area contributed by atoms with Crippen LogP contribution in [0.2, 0.25) is 0 Å². The van der Waals surface area contributed by atoms with Crippen molar-refractivity contribution < 1.29 is 21.6 Å². The first-order valence-electron chi connectivity index (χ1n) is 4.78. The first-order valence-corrected chi connectivity index (χ1v) is 7.12. The third kappa shape index (κ3) is 2.32. The summed E-state index contributed by atoms with van der Waals surface area (Å²) in [6.45, 7) is 0. The Labute approximate surface area is 110 Å². The molecule has 0 saturated carbocycles. The third-order valence-electron chi connectivity index (χ3n) is 2.29. The third-order valence-corrected chi connectivity index (χ3v) is 4.33. The molecule has 0 spiro atoms. The number of halogens is 3. The molecule has 7 heteroatoms. The summed E-state index contributed by atoms with van der Waals surface area (Å²) in [5.74, 6) is -2.92. The molecule has 0 N–H and O–H groups in total. The van der Waals surface area contributed by atoms with E-state index in [9.17, 15) is 17.2 Å². The van der Waals surface area contributed by atoms with Gasteiger partial charge in [0.1, 0.15) is 5.76 Å². The number of sulfone groups is 1. The molecule has 3 nitrogen and oxygen atoms in total. The van der Waals surface area contributed by atoms with Crippen LogP contribution in [0, 0.1) is 0 Å². The van der Waals surface area contributed by atoms with Gasteiger partial charge >= 0.3 is 5.76 Å². The molecule has 0 radical (unpaired) electrons. The second-order valence-corrected chi connectivity index (χ2v) is 6.20. The maximum absolute atomic E-state index is 12.4. The van der Waals surface area contributed by atoms with Crippen molar-refractivity contribution in [3.05, 3.63) is 41.1 Å². The molecule has 2 rings (SSSR count). The highest BCUT2D eigenvalue weighted by molar-refractivity contribution is 9.10. The van der Waals surface area contributed by atoms with Gasteiger partial charge in [-0.15, -0.1) is 0 Å². The van der Waals surface area contributed by atoms with Gasteiger partial charge in [0, 0.05) is 10.0 Å². The van der Waals surface area contributed by atoms with E-state index < -0.39 is 20.5 Å². The van der Waals surface area contributed by atoms with Gasteiger partial charge in [0.05, 0.1) is 11.2 Å². The monoisotopic (exact) mass is 336 g/mol. The Morgan fingerprint density at radius 1 is 1.22 bits per heavy atom. The molecule has 0 unspecified atom stereocenters. The minimum atomic E-state index is -4.58. The molecule has 0 atom stereocenters. The predicted octanol–water partition coefficient (Wildman–Crippen LogP) is 3.71. The van der Waals surface area contributed by atoms with Crippen LogP contribution in [0.25, 0.3) is 11.3 Å². The van der Waals surface area contributed by atoms with Crippen molar-refractivity contribution in [2.24, 2.45) is 0 Å². The van der Waals surface area contributed by atoms with Gasteiger partial charge in [-0.25, -0.2) is 8.42 Å². The van der Waals surface area contributed by atoms with Gasteiger partial charge in [-0.05, 0) is 46.3 Å². The van der Waals surface area contributed by atoms with Crippen LogP contribution >= 0.6 is 15.9 Å². The lowest BCUT2D eigenvalue weighted by atomic mass is 10.2. The van der Waals surface area contributed by atoms with Crippen LogP contribution in [-0.4, -0.2) is 14.2 Å². The molecule has 0 amide bonds. The summed E-state index contributed by atoms with van der Waals surface area (Å²) in [4.78, 5) is -0.431. The van der Waals surface area contributed by atoms with E-state index in [0.717, 1.165) is 12.1 Å². The normalized spacial score (nSPS) is 12.0. The molecular weight excluding hydrogens is 330 g/mol. The first-order chi connectivity index (χ1) is 8.43. The van der Waals surface area contributed by atoms with Gasteiger partial charge in [0.15, 0.2) is 0 Å². The van der Waals surface area contributed by atoms with Gasteiger partial charge < -0.3 is 4.42 Å². The zero-order chi connectivity index (χ0) is 13.3. The lowest BCUT2D eigenvalue weighted by Gasteiger charge is -2.06. The molecule has 96 valence electrons. The van der Waals surface area contributed by atoms with Crippen molar-refractivity contribution >= 4 is 25.8 Å². The van der Waals surface area contributed by atoms with Gasteiger partial charge in [-0.3, -0.25) is 0 Å². The average Bonchev–Trinajstić information content (AvgIpc) is 2.82. The van der Waals surface area contributed by atoms with Gasteiger partial charge in [-0.2, -0.15) is 8.78 Å². The van der Waals surface area contributed by atoms with E-state index in [1.807, 2.05) is 0 Å². The zero-order valence-corrected chi connectivity index (χ0v) is 11.2. The Morgan fingerprint density at radius 3 is 2.44 bits per heavy atom.